The zero-order chi connectivity index (χ0) is 21.1. The van der Waals surface area contributed by atoms with E-state index in [4.69, 9.17) is 33.8 Å². The molecule has 0 aliphatic rings. The predicted octanol–water partition coefficient (Wildman–Crippen LogP) is 0.586. The maximum absolute atomic E-state index is 11.9. The van der Waals surface area contributed by atoms with Crippen molar-refractivity contribution >= 4 is 21.6 Å². The molecule has 0 aromatic heterocycles. The minimum Gasteiger partial charge on any atom is -0.463 e. The summed E-state index contributed by atoms with van der Waals surface area (Å²) < 4.78 is 45.8. The molecule has 1 atom stereocenters. The third kappa shape index (κ3) is 16.3. The second kappa shape index (κ2) is 12.2. The molecule has 162 valence electrons. The Bertz CT molecular complexity index is 501. The average molecular weight is 438 g/mol. The summed E-state index contributed by atoms with van der Waals surface area (Å²) in [5, 5.41) is 0. The Morgan fingerprint density at radius 2 is 1.56 bits per heavy atom. The molecule has 0 saturated carbocycles. The number of phosphoric acid groups is 2. The SMILES string of the molecule is CCOC(C)COCCOC(=O)CC(C)(COP(=O)(O)O)COP(=O)(O)O. The van der Waals surface area contributed by atoms with Crippen LogP contribution in [0, 0.1) is 5.41 Å². The van der Waals surface area contributed by atoms with Crippen LogP contribution in [0.1, 0.15) is 27.2 Å². The van der Waals surface area contributed by atoms with Gasteiger partial charge in [-0.15, -0.1) is 0 Å². The second-order valence-electron chi connectivity index (χ2n) is 6.08. The molecule has 0 aromatic rings. The summed E-state index contributed by atoms with van der Waals surface area (Å²) >= 11 is 0. The lowest BCUT2D eigenvalue weighted by Gasteiger charge is -2.28. The molecule has 0 heterocycles. The molecule has 27 heavy (non-hydrogen) atoms. The summed E-state index contributed by atoms with van der Waals surface area (Å²) in [6.45, 7) is 4.50. The predicted molar refractivity (Wildman–Crippen MR) is 91.6 cm³/mol. The molecule has 0 fully saturated rings. The van der Waals surface area contributed by atoms with Crippen molar-refractivity contribution < 1.29 is 56.8 Å². The van der Waals surface area contributed by atoms with Crippen molar-refractivity contribution in [3.8, 4) is 0 Å². The van der Waals surface area contributed by atoms with E-state index in [-0.39, 0.29) is 19.3 Å². The van der Waals surface area contributed by atoms with Gasteiger partial charge in [0.25, 0.3) is 0 Å². The van der Waals surface area contributed by atoms with Gasteiger partial charge in [-0.25, -0.2) is 9.13 Å². The second-order valence-corrected chi connectivity index (χ2v) is 8.56. The fourth-order valence-electron chi connectivity index (χ4n) is 1.82. The van der Waals surface area contributed by atoms with Crippen molar-refractivity contribution in [2.45, 2.75) is 33.3 Å². The van der Waals surface area contributed by atoms with E-state index in [0.29, 0.717) is 13.2 Å². The van der Waals surface area contributed by atoms with E-state index in [1.807, 2.05) is 13.8 Å². The van der Waals surface area contributed by atoms with Gasteiger partial charge in [0.1, 0.15) is 6.61 Å². The molecule has 0 rings (SSSR count). The largest absolute Gasteiger partial charge is 0.469 e. The molecule has 0 radical (unpaired) electrons. The van der Waals surface area contributed by atoms with E-state index in [1.54, 1.807) is 0 Å². The Kier molecular flexibility index (Phi) is 12.1. The smallest absolute Gasteiger partial charge is 0.463 e. The van der Waals surface area contributed by atoms with Crippen molar-refractivity contribution in [3.05, 3.63) is 0 Å². The third-order valence-corrected chi connectivity index (χ3v) is 3.96. The number of hydrogen-bond donors (Lipinski definition) is 4. The molecule has 14 heteroatoms. The molecule has 0 amide bonds. The van der Waals surface area contributed by atoms with Gasteiger partial charge in [0.15, 0.2) is 0 Å². The van der Waals surface area contributed by atoms with Crippen molar-refractivity contribution in [2.75, 3.05) is 39.6 Å². The highest BCUT2D eigenvalue weighted by molar-refractivity contribution is 7.46. The highest BCUT2D eigenvalue weighted by atomic mass is 31.2. The summed E-state index contributed by atoms with van der Waals surface area (Å²) in [4.78, 5) is 47.0. The van der Waals surface area contributed by atoms with Crippen LogP contribution in [0.5, 0.6) is 0 Å². The van der Waals surface area contributed by atoms with Crippen LogP contribution < -0.4 is 0 Å². The van der Waals surface area contributed by atoms with Gasteiger partial charge in [-0.1, -0.05) is 6.92 Å². The van der Waals surface area contributed by atoms with Gasteiger partial charge in [-0.3, -0.25) is 13.8 Å². The molecular weight excluding hydrogens is 410 g/mol. The number of carbonyl (C=O) groups excluding carboxylic acids is 1. The molecule has 12 nitrogen and oxygen atoms in total. The summed E-state index contributed by atoms with van der Waals surface area (Å²) in [5.41, 5.74) is -1.44. The van der Waals surface area contributed by atoms with Crippen LogP contribution in [0.4, 0.5) is 0 Å². The number of ether oxygens (including phenoxy) is 3. The van der Waals surface area contributed by atoms with Crippen LogP contribution >= 0.6 is 15.6 Å². The highest BCUT2D eigenvalue weighted by Crippen LogP contribution is 2.42. The summed E-state index contributed by atoms with van der Waals surface area (Å²) in [7, 11) is -9.70. The fraction of sp³-hybridized carbons (Fsp3) is 0.923. The van der Waals surface area contributed by atoms with Gasteiger partial charge in [0.05, 0.1) is 39.0 Å². The zero-order valence-electron chi connectivity index (χ0n) is 15.5. The Morgan fingerprint density at radius 1 is 1.04 bits per heavy atom. The Labute approximate surface area is 157 Å². The normalized spacial score (nSPS) is 14.2. The van der Waals surface area contributed by atoms with E-state index in [2.05, 4.69) is 9.05 Å². The molecule has 0 aromatic carbocycles. The first kappa shape index (κ1) is 26.6. The molecule has 0 aliphatic carbocycles. The van der Waals surface area contributed by atoms with Crippen LogP contribution in [-0.2, 0) is 37.2 Å². The monoisotopic (exact) mass is 438 g/mol. The van der Waals surface area contributed by atoms with Gasteiger partial charge in [0, 0.05) is 12.0 Å². The lowest BCUT2D eigenvalue weighted by atomic mass is 9.89. The van der Waals surface area contributed by atoms with Crippen LogP contribution in [0.3, 0.4) is 0 Å². The first-order valence-electron chi connectivity index (χ1n) is 8.01. The van der Waals surface area contributed by atoms with E-state index in [0.717, 1.165) is 0 Å². The maximum Gasteiger partial charge on any atom is 0.469 e. The number of rotatable bonds is 15. The number of phosphoric ester groups is 2. The standard InChI is InChI=1S/C13H28O12P2/c1-4-22-11(2)8-21-5-6-23-12(14)7-13(3,9-24-26(15,16)17)10-25-27(18,19)20/h11H,4-10H2,1-3H3,(H2,15,16,17)(H2,18,19,20). The molecule has 0 spiro atoms. The van der Waals surface area contributed by atoms with Crippen molar-refractivity contribution in [1.29, 1.82) is 0 Å². The average Bonchev–Trinajstić information content (AvgIpc) is 2.50. The van der Waals surface area contributed by atoms with Gasteiger partial charge < -0.3 is 33.8 Å². The van der Waals surface area contributed by atoms with Crippen molar-refractivity contribution in [3.63, 3.8) is 0 Å². The molecule has 0 aliphatic heterocycles. The van der Waals surface area contributed by atoms with E-state index < -0.39 is 46.7 Å². The van der Waals surface area contributed by atoms with Crippen LogP contribution in [0.15, 0.2) is 0 Å². The maximum atomic E-state index is 11.9. The summed E-state index contributed by atoms with van der Waals surface area (Å²) in [5.74, 6) is -0.775. The molecule has 4 N–H and O–H groups in total. The van der Waals surface area contributed by atoms with Gasteiger partial charge in [-0.2, -0.15) is 0 Å². The van der Waals surface area contributed by atoms with Crippen LogP contribution in [0.2, 0.25) is 0 Å². The Balaban J connectivity index is 4.47. The first-order chi connectivity index (χ1) is 12.3. The molecule has 1 unspecified atom stereocenters. The molecular formula is C13H28O12P2. The van der Waals surface area contributed by atoms with Gasteiger partial charge in [-0.05, 0) is 13.8 Å². The van der Waals surface area contributed by atoms with Crippen molar-refractivity contribution in [1.82, 2.24) is 0 Å². The van der Waals surface area contributed by atoms with Crippen molar-refractivity contribution in [2.24, 2.45) is 5.41 Å². The summed E-state index contributed by atoms with van der Waals surface area (Å²) in [6, 6.07) is 0. The van der Waals surface area contributed by atoms with E-state index >= 15 is 0 Å². The third-order valence-electron chi connectivity index (χ3n) is 3.03. The number of hydrogen-bond acceptors (Lipinski definition) is 8. The number of esters is 1. The van der Waals surface area contributed by atoms with E-state index in [1.165, 1.54) is 6.92 Å². The van der Waals surface area contributed by atoms with Crippen LogP contribution in [0.25, 0.3) is 0 Å². The fourth-order valence-corrected chi connectivity index (χ4v) is 2.78. The quantitative estimate of drug-likeness (QED) is 0.159. The van der Waals surface area contributed by atoms with Gasteiger partial charge >= 0.3 is 21.6 Å². The molecule has 0 bridgehead atoms. The lowest BCUT2D eigenvalue weighted by Crippen LogP contribution is -2.32. The number of carbonyl (C=O) groups is 1. The van der Waals surface area contributed by atoms with E-state index in [9.17, 15) is 13.9 Å². The minimum absolute atomic E-state index is 0.0769. The highest BCUT2D eigenvalue weighted by Gasteiger charge is 2.34. The molecule has 0 saturated heterocycles. The lowest BCUT2D eigenvalue weighted by molar-refractivity contribution is -0.149. The van der Waals surface area contributed by atoms with Gasteiger partial charge in [0.2, 0.25) is 0 Å². The minimum atomic E-state index is -4.85. The van der Waals surface area contributed by atoms with Crippen LogP contribution in [-0.4, -0.2) is 71.3 Å². The topological polar surface area (TPSA) is 178 Å². The Hall–Kier alpha value is -0.390. The zero-order valence-corrected chi connectivity index (χ0v) is 17.3. The summed E-state index contributed by atoms with van der Waals surface area (Å²) in [6.07, 6.45) is -0.564. The first-order valence-corrected chi connectivity index (χ1v) is 11.1. The Morgan fingerprint density at radius 3 is 2.00 bits per heavy atom.